The van der Waals surface area contributed by atoms with Crippen LogP contribution in [0, 0.1) is 23.2 Å². The minimum Gasteiger partial charge on any atom is -0.468 e. The molecule has 0 N–H and O–H groups in total. The zero-order valence-electron chi connectivity index (χ0n) is 18.2. The van der Waals surface area contributed by atoms with Crippen LogP contribution in [0.3, 0.4) is 0 Å². The van der Waals surface area contributed by atoms with E-state index in [1.807, 2.05) is 0 Å². The average molecular weight is 401 g/mol. The summed E-state index contributed by atoms with van der Waals surface area (Å²) in [5.74, 6) is 3.62. The molecule has 1 aromatic carbocycles. The SMILES string of the molecule is C=CC[C@@H]1Cc2cc(OCOC)ccc2[C@H]2CC[C@]3(C)[C@@H](OCOC)CC[C@H]3[C@H]12. The Labute approximate surface area is 175 Å². The van der Waals surface area contributed by atoms with Gasteiger partial charge in [0.25, 0.3) is 0 Å². The molecule has 160 valence electrons. The maximum absolute atomic E-state index is 6.15. The average Bonchev–Trinajstić information content (AvgIpc) is 3.06. The first-order valence-electron chi connectivity index (χ1n) is 11.1. The van der Waals surface area contributed by atoms with E-state index < -0.39 is 0 Å². The van der Waals surface area contributed by atoms with Crippen LogP contribution in [0.25, 0.3) is 0 Å². The van der Waals surface area contributed by atoms with Crippen molar-refractivity contribution in [3.63, 3.8) is 0 Å². The Kier molecular flexibility index (Phi) is 6.33. The fourth-order valence-electron chi connectivity index (χ4n) is 6.80. The van der Waals surface area contributed by atoms with E-state index in [1.54, 1.807) is 19.8 Å². The molecule has 4 nitrogen and oxygen atoms in total. The summed E-state index contributed by atoms with van der Waals surface area (Å²) in [4.78, 5) is 0. The summed E-state index contributed by atoms with van der Waals surface area (Å²) in [6.07, 6.45) is 9.54. The van der Waals surface area contributed by atoms with Gasteiger partial charge in [-0.05, 0) is 90.9 Å². The predicted octanol–water partition coefficient (Wildman–Crippen LogP) is 5.32. The van der Waals surface area contributed by atoms with Gasteiger partial charge in [0, 0.05) is 14.2 Å². The van der Waals surface area contributed by atoms with E-state index in [0.29, 0.717) is 43.4 Å². The zero-order chi connectivity index (χ0) is 20.4. The van der Waals surface area contributed by atoms with Gasteiger partial charge in [0.1, 0.15) is 12.5 Å². The lowest BCUT2D eigenvalue weighted by atomic mass is 9.52. The van der Waals surface area contributed by atoms with E-state index in [-0.39, 0.29) is 5.41 Å². The Bertz CT molecular complexity index is 717. The van der Waals surface area contributed by atoms with Gasteiger partial charge >= 0.3 is 0 Å². The van der Waals surface area contributed by atoms with Gasteiger partial charge in [-0.2, -0.15) is 0 Å². The summed E-state index contributed by atoms with van der Waals surface area (Å²) in [6, 6.07) is 6.68. The fraction of sp³-hybridized carbons (Fsp3) is 0.680. The number of rotatable bonds is 8. The molecule has 0 radical (unpaired) electrons. The summed E-state index contributed by atoms with van der Waals surface area (Å²) < 4.78 is 22.2. The molecule has 6 atom stereocenters. The van der Waals surface area contributed by atoms with Crippen molar-refractivity contribution in [1.82, 2.24) is 0 Å². The van der Waals surface area contributed by atoms with Crippen LogP contribution < -0.4 is 4.74 Å². The summed E-state index contributed by atoms with van der Waals surface area (Å²) in [5.41, 5.74) is 3.27. The lowest BCUT2D eigenvalue weighted by Crippen LogP contribution is -2.47. The minimum absolute atomic E-state index is 0.262. The molecule has 0 spiro atoms. The Morgan fingerprint density at radius 3 is 2.72 bits per heavy atom. The van der Waals surface area contributed by atoms with Crippen LogP contribution in [-0.4, -0.2) is 33.9 Å². The molecule has 3 aliphatic rings. The highest BCUT2D eigenvalue weighted by Crippen LogP contribution is 2.63. The first-order valence-corrected chi connectivity index (χ1v) is 11.1. The Morgan fingerprint density at radius 1 is 1.14 bits per heavy atom. The smallest absolute Gasteiger partial charge is 0.188 e. The molecular weight excluding hydrogens is 364 g/mol. The molecule has 0 amide bonds. The van der Waals surface area contributed by atoms with Crippen LogP contribution in [0.4, 0.5) is 0 Å². The highest BCUT2D eigenvalue weighted by Gasteiger charge is 2.57. The highest BCUT2D eigenvalue weighted by molar-refractivity contribution is 5.41. The van der Waals surface area contributed by atoms with E-state index >= 15 is 0 Å². The van der Waals surface area contributed by atoms with Crippen LogP contribution in [0.5, 0.6) is 5.75 Å². The molecule has 4 rings (SSSR count). The van der Waals surface area contributed by atoms with Crippen LogP contribution in [0.2, 0.25) is 0 Å². The topological polar surface area (TPSA) is 36.9 Å². The van der Waals surface area contributed by atoms with E-state index in [2.05, 4.69) is 37.8 Å². The summed E-state index contributed by atoms with van der Waals surface area (Å²) in [6.45, 7) is 7.26. The molecule has 2 fully saturated rings. The van der Waals surface area contributed by atoms with Crippen molar-refractivity contribution in [1.29, 1.82) is 0 Å². The number of methoxy groups -OCH3 is 2. The monoisotopic (exact) mass is 400 g/mol. The van der Waals surface area contributed by atoms with Crippen LogP contribution in [0.15, 0.2) is 30.9 Å². The Balaban J connectivity index is 1.63. The quantitative estimate of drug-likeness (QED) is 0.437. The molecule has 0 aromatic heterocycles. The standard InChI is InChI=1S/C25H36O4/c1-5-6-17-13-18-14-19(28-15-26-3)7-8-20(18)21-11-12-25(2)22(24(17)21)9-10-23(25)29-16-27-4/h5,7-8,14,17,21-24H,1,6,9-13,15-16H2,2-4H3/t17-,21-,22+,23+,24-,25+/m1/s1. The maximum atomic E-state index is 6.15. The van der Waals surface area contributed by atoms with Gasteiger partial charge in [-0.3, -0.25) is 0 Å². The second-order valence-electron chi connectivity index (χ2n) is 9.37. The van der Waals surface area contributed by atoms with Gasteiger partial charge in [0.15, 0.2) is 6.79 Å². The lowest BCUT2D eigenvalue weighted by molar-refractivity contribution is -0.128. The first kappa shape index (κ1) is 20.9. The minimum atomic E-state index is 0.262. The molecule has 0 saturated heterocycles. The van der Waals surface area contributed by atoms with Crippen LogP contribution in [0.1, 0.15) is 56.1 Å². The molecular formula is C25H36O4. The van der Waals surface area contributed by atoms with E-state index in [1.165, 1.54) is 24.8 Å². The molecule has 29 heavy (non-hydrogen) atoms. The number of hydrogen-bond donors (Lipinski definition) is 0. The molecule has 0 aliphatic heterocycles. The molecule has 2 saturated carbocycles. The normalized spacial score (nSPS) is 35.5. The first-order chi connectivity index (χ1) is 14.1. The highest BCUT2D eigenvalue weighted by atomic mass is 16.7. The second-order valence-corrected chi connectivity index (χ2v) is 9.37. The number of fused-ring (bicyclic) bond motifs is 5. The molecule has 3 aliphatic carbocycles. The van der Waals surface area contributed by atoms with Crippen molar-refractivity contribution in [3.05, 3.63) is 42.0 Å². The third-order valence-corrected chi connectivity index (χ3v) is 7.99. The largest absolute Gasteiger partial charge is 0.468 e. The van der Waals surface area contributed by atoms with Gasteiger partial charge in [-0.15, -0.1) is 6.58 Å². The fourth-order valence-corrected chi connectivity index (χ4v) is 6.80. The van der Waals surface area contributed by atoms with Gasteiger partial charge in [-0.1, -0.05) is 19.1 Å². The van der Waals surface area contributed by atoms with Crippen molar-refractivity contribution in [2.75, 3.05) is 27.8 Å². The third-order valence-electron chi connectivity index (χ3n) is 7.99. The maximum Gasteiger partial charge on any atom is 0.188 e. The summed E-state index contributed by atoms with van der Waals surface area (Å²) in [5, 5.41) is 0. The van der Waals surface area contributed by atoms with Gasteiger partial charge < -0.3 is 18.9 Å². The predicted molar refractivity (Wildman–Crippen MR) is 114 cm³/mol. The Morgan fingerprint density at radius 2 is 1.97 bits per heavy atom. The van der Waals surface area contributed by atoms with Crippen molar-refractivity contribution in [2.24, 2.45) is 23.2 Å². The lowest BCUT2D eigenvalue weighted by Gasteiger charge is -2.53. The van der Waals surface area contributed by atoms with E-state index in [9.17, 15) is 0 Å². The van der Waals surface area contributed by atoms with Crippen molar-refractivity contribution < 1.29 is 18.9 Å². The summed E-state index contributed by atoms with van der Waals surface area (Å²) in [7, 11) is 3.38. The summed E-state index contributed by atoms with van der Waals surface area (Å²) >= 11 is 0. The second kappa shape index (κ2) is 8.79. The van der Waals surface area contributed by atoms with Gasteiger partial charge in [0.05, 0.1) is 6.10 Å². The number of benzene rings is 1. The number of ether oxygens (including phenoxy) is 4. The number of allylic oxidation sites excluding steroid dienone is 1. The van der Waals surface area contributed by atoms with Crippen molar-refractivity contribution in [3.8, 4) is 5.75 Å². The van der Waals surface area contributed by atoms with Crippen molar-refractivity contribution in [2.45, 2.75) is 57.5 Å². The zero-order valence-corrected chi connectivity index (χ0v) is 18.2. The number of hydrogen-bond acceptors (Lipinski definition) is 4. The third kappa shape index (κ3) is 3.75. The molecule has 4 heteroatoms. The Hall–Kier alpha value is -1.36. The van der Waals surface area contributed by atoms with Crippen molar-refractivity contribution >= 4 is 0 Å². The van der Waals surface area contributed by atoms with Gasteiger partial charge in [0.2, 0.25) is 0 Å². The molecule has 0 heterocycles. The van der Waals surface area contributed by atoms with Crippen LogP contribution >= 0.6 is 0 Å². The molecule has 0 bridgehead atoms. The van der Waals surface area contributed by atoms with Gasteiger partial charge in [-0.25, -0.2) is 0 Å². The molecule has 1 aromatic rings. The molecule has 0 unspecified atom stereocenters. The van der Waals surface area contributed by atoms with Crippen LogP contribution in [-0.2, 0) is 20.6 Å². The van der Waals surface area contributed by atoms with E-state index in [0.717, 1.165) is 25.0 Å². The van der Waals surface area contributed by atoms with E-state index in [4.69, 9.17) is 18.9 Å².